The minimum atomic E-state index is -2.26. The van der Waals surface area contributed by atoms with Gasteiger partial charge in [-0.15, -0.1) is 0 Å². The Morgan fingerprint density at radius 2 is 1.14 bits per heavy atom. The van der Waals surface area contributed by atoms with Crippen LogP contribution in [-0.2, 0) is 38.1 Å². The van der Waals surface area contributed by atoms with E-state index in [9.17, 15) is 34.7 Å². The molecule has 8 aliphatic carbocycles. The molecule has 0 spiro atoms. The van der Waals surface area contributed by atoms with Crippen LogP contribution < -0.4 is 0 Å². The van der Waals surface area contributed by atoms with Gasteiger partial charge >= 0.3 is 0 Å². The molecule has 0 radical (unpaired) electrons. The average molecular weight is 1040 g/mol. The summed E-state index contributed by atoms with van der Waals surface area (Å²) in [5.41, 5.74) is -11.8. The quantitative estimate of drug-likeness (QED) is 0.269. The normalized spacial score (nSPS) is 48.6. The SMILES string of the molecule is CC1(C)O[C@@H]2C[C@H]3[C@@H]4C[C@H](F)C5=CC(=O)C=C[C@]5(C)[C@@]4(F)[C@@H](O)C[C@]3(C)[C@]2(C(=O)SCC#N)O1.C[C@]12C=CC(=O)C=C1[C@@H](F)C[C@H]1[C@@H]3C[C@H]4O[C@@H](c5ccccc5)O[C@@]4(C(=O)SCC#N)[C@@]3(C)C[C@H](O)[C@@]12F. The number of allylic oxidation sites excluding steroid dienone is 8. The van der Waals surface area contributed by atoms with Gasteiger partial charge in [0.2, 0.25) is 10.2 Å². The number of aliphatic hydroxyl groups excluding tert-OH is 2. The average Bonchev–Trinajstić information content (AvgIpc) is 4.00. The third-order valence-corrected chi connectivity index (χ3v) is 20.9. The van der Waals surface area contributed by atoms with Gasteiger partial charge in [-0.3, -0.25) is 19.2 Å². The predicted octanol–water partition coefficient (Wildman–Crippen LogP) is 8.14. The number of ketones is 2. The number of alkyl halides is 4. The van der Waals surface area contributed by atoms with Crippen LogP contribution in [0, 0.1) is 68.0 Å². The molecule has 8 fully saturated rings. The van der Waals surface area contributed by atoms with Gasteiger partial charge in [-0.25, -0.2) is 17.6 Å². The second-order valence-electron chi connectivity index (χ2n) is 22.7. The van der Waals surface area contributed by atoms with Crippen molar-refractivity contribution in [3.05, 3.63) is 83.5 Å². The Morgan fingerprint density at radius 1 is 0.681 bits per heavy atom. The van der Waals surface area contributed by atoms with E-state index in [2.05, 4.69) is 0 Å². The van der Waals surface area contributed by atoms with Crippen molar-refractivity contribution >= 4 is 45.3 Å². The molecule has 12 nitrogen and oxygen atoms in total. The zero-order valence-corrected chi connectivity index (χ0v) is 42.4. The molecule has 19 atom stereocenters. The number of benzene rings is 1. The van der Waals surface area contributed by atoms with E-state index in [0.717, 1.165) is 41.2 Å². The number of carbonyl (C=O) groups is 4. The van der Waals surface area contributed by atoms with Gasteiger partial charge in [-0.1, -0.05) is 79.9 Å². The fourth-order valence-corrected chi connectivity index (χ4v) is 17.8. The zero-order chi connectivity index (χ0) is 52.0. The lowest BCUT2D eigenvalue weighted by molar-refractivity contribution is -0.246. The van der Waals surface area contributed by atoms with Gasteiger partial charge in [-0.2, -0.15) is 10.5 Å². The highest BCUT2D eigenvalue weighted by molar-refractivity contribution is 8.14. The fourth-order valence-electron chi connectivity index (χ4n) is 16.1. The minimum Gasteiger partial charge on any atom is -0.390 e. The summed E-state index contributed by atoms with van der Waals surface area (Å²) in [6, 6.07) is 13.1. The van der Waals surface area contributed by atoms with E-state index in [1.807, 2.05) is 49.4 Å². The van der Waals surface area contributed by atoms with Crippen molar-refractivity contribution in [3.63, 3.8) is 0 Å². The number of hydrogen-bond acceptors (Lipinski definition) is 14. The molecule has 72 heavy (non-hydrogen) atoms. The molecule has 0 bridgehead atoms. The number of hydrogen-bond donors (Lipinski definition) is 2. The zero-order valence-electron chi connectivity index (χ0n) is 40.7. The monoisotopic (exact) mass is 1030 g/mol. The number of nitrogens with zero attached hydrogens (tertiary/aromatic N) is 2. The second kappa shape index (κ2) is 17.0. The smallest absolute Gasteiger partial charge is 0.225 e. The predicted molar refractivity (Wildman–Crippen MR) is 255 cm³/mol. The van der Waals surface area contributed by atoms with Crippen LogP contribution in [-0.4, -0.2) is 109 Å². The number of ether oxygens (including phenoxy) is 4. The van der Waals surface area contributed by atoms with Gasteiger partial charge in [0.15, 0.2) is 46.2 Å². The minimum absolute atomic E-state index is 0.0524. The van der Waals surface area contributed by atoms with E-state index in [1.54, 1.807) is 34.6 Å². The molecular weight excluding hydrogens is 977 g/mol. The summed E-state index contributed by atoms with van der Waals surface area (Å²) in [4.78, 5) is 51.5. The maximum Gasteiger partial charge on any atom is 0.225 e. The highest BCUT2D eigenvalue weighted by Crippen LogP contribution is 2.75. The van der Waals surface area contributed by atoms with Gasteiger partial charge in [0.25, 0.3) is 0 Å². The molecule has 2 N–H and O–H groups in total. The number of thioether (sulfide) groups is 2. The van der Waals surface area contributed by atoms with Gasteiger partial charge < -0.3 is 29.2 Å². The Bertz CT molecular complexity index is 2730. The fraction of sp³-hybridized carbons (Fsp3) is 0.630. The van der Waals surface area contributed by atoms with Crippen LogP contribution in [0.5, 0.6) is 0 Å². The number of rotatable bonds is 5. The summed E-state index contributed by atoms with van der Waals surface area (Å²) in [6.45, 7) is 10.1. The maximum absolute atomic E-state index is 17.5. The van der Waals surface area contributed by atoms with E-state index in [-0.39, 0.29) is 66.3 Å². The highest BCUT2D eigenvalue weighted by Gasteiger charge is 2.82. The third-order valence-electron chi connectivity index (χ3n) is 19.2. The molecule has 384 valence electrons. The molecule has 0 aromatic heterocycles. The van der Waals surface area contributed by atoms with Crippen molar-refractivity contribution in [2.45, 2.75) is 151 Å². The molecule has 11 rings (SSSR count). The highest BCUT2D eigenvalue weighted by atomic mass is 32.2. The first-order valence-corrected chi connectivity index (χ1v) is 26.5. The number of nitriles is 2. The lowest BCUT2D eigenvalue weighted by atomic mass is 9.44. The first-order valence-electron chi connectivity index (χ1n) is 24.6. The summed E-state index contributed by atoms with van der Waals surface area (Å²) >= 11 is 1.66. The second-order valence-corrected chi connectivity index (χ2v) is 24.6. The van der Waals surface area contributed by atoms with Crippen LogP contribution in [0.2, 0.25) is 0 Å². The molecule has 2 saturated heterocycles. The van der Waals surface area contributed by atoms with E-state index in [0.29, 0.717) is 0 Å². The molecular formula is C54H58F4N2O10S2. The topological polar surface area (TPSA) is 193 Å². The van der Waals surface area contributed by atoms with Gasteiger partial charge in [0, 0.05) is 39.1 Å². The lowest BCUT2D eigenvalue weighted by Gasteiger charge is -2.63. The van der Waals surface area contributed by atoms with Crippen LogP contribution in [0.3, 0.4) is 0 Å². The number of aliphatic hydroxyl groups is 2. The Kier molecular flexibility index (Phi) is 12.2. The first kappa shape index (κ1) is 51.5. The standard InChI is InChI=1S/C29H29F2NO5S.C25H29F2NO5S/c1-26-9-8-17(33)12-20(26)21(30)13-19-18-14-23-29(25(35)38-11-10-32,27(18,2)15-22(34)28(19,26)31)37-24(36-23)16-6-4-3-5-7-16;1-21(2)32-19-11-14-15-10-17(26)16-9-13(29)5-6-22(16,3)24(15,27)18(30)12-23(14,4)25(19,33-21)20(31)34-8-7-28/h3-9,12,18-19,21-24,34H,11,13-15H2,1-2H3;5-6,9,14-15,17-19,30H,8,10-12H2,1-4H3/t18-,19-,21-,22-,23+,24+,26-,27-,28-,29-;14-,15-,17-,18-,19+,22-,23-,24-,25-/m00/s1. The Labute approximate surface area is 424 Å². The largest absolute Gasteiger partial charge is 0.390 e. The first-order chi connectivity index (χ1) is 33.8. The maximum atomic E-state index is 17.5. The molecule has 0 amide bonds. The summed E-state index contributed by atoms with van der Waals surface area (Å²) < 4.78 is 91.3. The number of fused-ring (bicyclic) bond motifs is 14. The Hall–Kier alpha value is -3.98. The van der Waals surface area contributed by atoms with Crippen LogP contribution >= 0.6 is 23.5 Å². The summed E-state index contributed by atoms with van der Waals surface area (Å²) in [7, 11) is 0. The molecule has 0 unspecified atom stereocenters. The van der Waals surface area contributed by atoms with Crippen LogP contribution in [0.1, 0.15) is 91.9 Å². The molecule has 18 heteroatoms. The van der Waals surface area contributed by atoms with Crippen molar-refractivity contribution < 1.29 is 65.9 Å². The van der Waals surface area contributed by atoms with Gasteiger partial charge in [0.05, 0.1) is 48.1 Å². The Balaban J connectivity index is 0.000000167. The van der Waals surface area contributed by atoms with Gasteiger partial charge in [0.1, 0.15) is 12.3 Å². The van der Waals surface area contributed by atoms with Crippen LogP contribution in [0.4, 0.5) is 17.6 Å². The lowest BCUT2D eigenvalue weighted by Crippen LogP contribution is -2.70. The van der Waals surface area contributed by atoms with Crippen molar-refractivity contribution in [1.82, 2.24) is 0 Å². The summed E-state index contributed by atoms with van der Waals surface area (Å²) in [5.74, 6) is -5.00. The summed E-state index contributed by atoms with van der Waals surface area (Å²) in [5, 5.41) is 40.5. The Morgan fingerprint density at radius 3 is 1.62 bits per heavy atom. The van der Waals surface area contributed by atoms with E-state index in [4.69, 9.17) is 24.2 Å². The molecule has 1 aromatic rings. The van der Waals surface area contributed by atoms with Crippen molar-refractivity contribution in [2.24, 2.45) is 45.3 Å². The number of carbonyl (C=O) groups excluding carboxylic acids is 4. The van der Waals surface area contributed by atoms with Crippen molar-refractivity contribution in [1.29, 1.82) is 10.5 Å². The van der Waals surface area contributed by atoms with E-state index in [1.165, 1.54) is 24.3 Å². The van der Waals surface area contributed by atoms with Gasteiger partial charge in [-0.05, 0) is 114 Å². The number of halogens is 4. The molecule has 2 aliphatic heterocycles. The van der Waals surface area contributed by atoms with Crippen LogP contribution in [0.25, 0.3) is 0 Å². The molecule has 6 saturated carbocycles. The van der Waals surface area contributed by atoms with E-state index < -0.39 is 133 Å². The molecule has 2 heterocycles. The summed E-state index contributed by atoms with van der Waals surface area (Å²) in [6.07, 6.45) is -1.09. The third kappa shape index (κ3) is 6.58. The van der Waals surface area contributed by atoms with Crippen molar-refractivity contribution in [3.8, 4) is 12.1 Å². The van der Waals surface area contributed by atoms with Crippen LogP contribution in [0.15, 0.2) is 77.9 Å². The van der Waals surface area contributed by atoms with E-state index >= 15 is 17.6 Å². The molecule has 1 aromatic carbocycles. The van der Waals surface area contributed by atoms with Crippen molar-refractivity contribution in [2.75, 3.05) is 11.5 Å². The molecule has 10 aliphatic rings.